The predicted octanol–water partition coefficient (Wildman–Crippen LogP) is 5.01. The quantitative estimate of drug-likeness (QED) is 0.712. The average molecular weight is 399 g/mol. The van der Waals surface area contributed by atoms with E-state index in [0.717, 1.165) is 54.5 Å². The van der Waals surface area contributed by atoms with E-state index in [0.29, 0.717) is 13.2 Å². The highest BCUT2D eigenvalue weighted by Gasteiger charge is 2.17. The van der Waals surface area contributed by atoms with Crippen LogP contribution < -0.4 is 19.7 Å². The molecule has 1 aliphatic heterocycles. The largest absolute Gasteiger partial charge is 0.494 e. The Balaban J connectivity index is 1.64. The second-order valence-electron chi connectivity index (χ2n) is 7.01. The molecule has 1 heterocycles. The lowest BCUT2D eigenvalue weighted by Crippen LogP contribution is -2.34. The number of urea groups is 1. The zero-order valence-electron chi connectivity index (χ0n) is 17.4. The van der Waals surface area contributed by atoms with Gasteiger partial charge in [0.05, 0.1) is 19.8 Å². The van der Waals surface area contributed by atoms with Crippen molar-refractivity contribution in [3.8, 4) is 11.5 Å². The molecular weight excluding hydrogens is 368 g/mol. The van der Waals surface area contributed by atoms with Gasteiger partial charge in [0, 0.05) is 30.8 Å². The minimum absolute atomic E-state index is 0.172. The van der Waals surface area contributed by atoms with Crippen molar-refractivity contribution >= 4 is 17.4 Å². The number of carbonyl (C=O) groups is 1. The molecule has 0 unspecified atom stereocenters. The molecule has 6 nitrogen and oxygen atoms in total. The summed E-state index contributed by atoms with van der Waals surface area (Å²) in [5.41, 5.74) is 2.57. The first kappa shape index (κ1) is 21.0. The van der Waals surface area contributed by atoms with Crippen molar-refractivity contribution < 1.29 is 19.0 Å². The summed E-state index contributed by atoms with van der Waals surface area (Å²) >= 11 is 0. The number of nitrogens with one attached hydrogen (secondary N) is 1. The molecule has 29 heavy (non-hydrogen) atoms. The van der Waals surface area contributed by atoms with Crippen LogP contribution in [-0.4, -0.2) is 38.5 Å². The molecule has 0 atom stereocenters. The Morgan fingerprint density at radius 3 is 2.48 bits per heavy atom. The Kier molecular flexibility index (Phi) is 7.36. The highest BCUT2D eigenvalue weighted by atomic mass is 16.5. The summed E-state index contributed by atoms with van der Waals surface area (Å²) in [5.74, 6) is 1.65. The summed E-state index contributed by atoms with van der Waals surface area (Å²) in [7, 11) is 0. The molecule has 1 N–H and O–H groups in total. The molecule has 2 aromatic carbocycles. The van der Waals surface area contributed by atoms with E-state index in [9.17, 15) is 4.79 Å². The average Bonchev–Trinajstić information content (AvgIpc) is 2.73. The topological polar surface area (TPSA) is 60.0 Å². The smallest absolute Gasteiger partial charge is 0.326 e. The highest BCUT2D eigenvalue weighted by Crippen LogP contribution is 2.26. The standard InChI is InChI=1S/C23H30N2O4/c1-4-25(19-7-9-20(10-8-19)28-5-2)23(26)24-18-6-11-22(17(3)16-18)29-21-12-14-27-15-13-21/h6-11,16,21H,4-5,12-15H2,1-3H3,(H,24,26). The summed E-state index contributed by atoms with van der Waals surface area (Å²) < 4.78 is 17.0. The molecule has 2 aromatic rings. The lowest BCUT2D eigenvalue weighted by Gasteiger charge is -2.25. The van der Waals surface area contributed by atoms with E-state index in [1.54, 1.807) is 4.90 Å². The molecular formula is C23H30N2O4. The molecule has 156 valence electrons. The van der Waals surface area contributed by atoms with Crippen LogP contribution in [0.25, 0.3) is 0 Å². The van der Waals surface area contributed by atoms with Gasteiger partial charge in [-0.3, -0.25) is 4.90 Å². The lowest BCUT2D eigenvalue weighted by molar-refractivity contribution is 0.0253. The molecule has 0 radical (unpaired) electrons. The maximum atomic E-state index is 12.8. The van der Waals surface area contributed by atoms with Crippen molar-refractivity contribution in [1.29, 1.82) is 0 Å². The number of amides is 2. The fourth-order valence-electron chi connectivity index (χ4n) is 3.36. The van der Waals surface area contributed by atoms with Gasteiger partial charge in [0.25, 0.3) is 0 Å². The van der Waals surface area contributed by atoms with Gasteiger partial charge in [0.2, 0.25) is 0 Å². The van der Waals surface area contributed by atoms with Crippen molar-refractivity contribution in [3.05, 3.63) is 48.0 Å². The van der Waals surface area contributed by atoms with E-state index in [1.165, 1.54) is 0 Å². The predicted molar refractivity (Wildman–Crippen MR) is 115 cm³/mol. The number of hydrogen-bond donors (Lipinski definition) is 1. The van der Waals surface area contributed by atoms with Crippen LogP contribution in [0, 0.1) is 6.92 Å². The second-order valence-corrected chi connectivity index (χ2v) is 7.01. The summed E-state index contributed by atoms with van der Waals surface area (Å²) in [6.07, 6.45) is 2.01. The normalized spacial score (nSPS) is 14.3. The number of rotatable bonds is 7. The molecule has 1 fully saturated rings. The highest BCUT2D eigenvalue weighted by molar-refractivity contribution is 6.01. The van der Waals surface area contributed by atoms with E-state index in [4.69, 9.17) is 14.2 Å². The minimum Gasteiger partial charge on any atom is -0.494 e. The SMILES string of the molecule is CCOc1ccc(N(CC)C(=O)Nc2ccc(OC3CCOCC3)c(C)c2)cc1. The van der Waals surface area contributed by atoms with Crippen molar-refractivity contribution in [2.75, 3.05) is 36.6 Å². The Hall–Kier alpha value is -2.73. The fraction of sp³-hybridized carbons (Fsp3) is 0.435. The first-order valence-electron chi connectivity index (χ1n) is 10.3. The summed E-state index contributed by atoms with van der Waals surface area (Å²) in [6, 6.07) is 13.1. The number of aryl methyl sites for hydroxylation is 1. The molecule has 1 saturated heterocycles. The van der Waals surface area contributed by atoms with Crippen LogP contribution >= 0.6 is 0 Å². The molecule has 6 heteroatoms. The van der Waals surface area contributed by atoms with Crippen LogP contribution in [0.2, 0.25) is 0 Å². The van der Waals surface area contributed by atoms with Crippen molar-refractivity contribution in [3.63, 3.8) is 0 Å². The van der Waals surface area contributed by atoms with Gasteiger partial charge >= 0.3 is 6.03 Å². The van der Waals surface area contributed by atoms with Crippen LogP contribution in [0.3, 0.4) is 0 Å². The zero-order valence-corrected chi connectivity index (χ0v) is 17.4. The van der Waals surface area contributed by atoms with Crippen LogP contribution in [-0.2, 0) is 4.74 Å². The van der Waals surface area contributed by atoms with E-state index < -0.39 is 0 Å². The van der Waals surface area contributed by atoms with E-state index >= 15 is 0 Å². The number of anilines is 2. The molecule has 0 aliphatic carbocycles. The van der Waals surface area contributed by atoms with Gasteiger partial charge in [-0.15, -0.1) is 0 Å². The van der Waals surface area contributed by atoms with Gasteiger partial charge in [0.1, 0.15) is 17.6 Å². The number of ether oxygens (including phenoxy) is 3. The van der Waals surface area contributed by atoms with Crippen LogP contribution in [0.1, 0.15) is 32.3 Å². The molecule has 0 saturated carbocycles. The molecule has 1 aliphatic rings. The number of benzene rings is 2. The van der Waals surface area contributed by atoms with Gasteiger partial charge in [-0.1, -0.05) is 0 Å². The van der Waals surface area contributed by atoms with Crippen LogP contribution in [0.5, 0.6) is 11.5 Å². The van der Waals surface area contributed by atoms with Gasteiger partial charge in [-0.25, -0.2) is 4.79 Å². The minimum atomic E-state index is -0.172. The van der Waals surface area contributed by atoms with Crippen molar-refractivity contribution in [1.82, 2.24) is 0 Å². The van der Waals surface area contributed by atoms with Crippen LogP contribution in [0.15, 0.2) is 42.5 Å². The van der Waals surface area contributed by atoms with E-state index in [2.05, 4.69) is 5.32 Å². The second kappa shape index (κ2) is 10.2. The fourth-order valence-corrected chi connectivity index (χ4v) is 3.36. The lowest BCUT2D eigenvalue weighted by atomic mass is 10.1. The molecule has 0 aromatic heterocycles. The van der Waals surface area contributed by atoms with Gasteiger partial charge in [-0.05, 0) is 68.8 Å². The third kappa shape index (κ3) is 5.64. The maximum absolute atomic E-state index is 12.8. The van der Waals surface area contributed by atoms with E-state index in [1.807, 2.05) is 63.2 Å². The maximum Gasteiger partial charge on any atom is 0.326 e. The summed E-state index contributed by atoms with van der Waals surface area (Å²) in [5, 5.41) is 2.98. The third-order valence-electron chi connectivity index (χ3n) is 4.91. The Labute approximate surface area is 172 Å². The van der Waals surface area contributed by atoms with Crippen molar-refractivity contribution in [2.24, 2.45) is 0 Å². The van der Waals surface area contributed by atoms with Gasteiger partial charge in [-0.2, -0.15) is 0 Å². The number of carbonyl (C=O) groups excluding carboxylic acids is 1. The van der Waals surface area contributed by atoms with Gasteiger partial charge < -0.3 is 19.5 Å². The van der Waals surface area contributed by atoms with E-state index in [-0.39, 0.29) is 12.1 Å². The Morgan fingerprint density at radius 1 is 1.14 bits per heavy atom. The first-order valence-corrected chi connectivity index (χ1v) is 10.3. The Morgan fingerprint density at radius 2 is 1.86 bits per heavy atom. The van der Waals surface area contributed by atoms with Crippen LogP contribution in [0.4, 0.5) is 16.2 Å². The molecule has 3 rings (SSSR count). The number of hydrogen-bond acceptors (Lipinski definition) is 4. The third-order valence-corrected chi connectivity index (χ3v) is 4.91. The molecule has 2 amide bonds. The Bertz CT molecular complexity index is 801. The number of nitrogens with zero attached hydrogens (tertiary/aromatic N) is 1. The van der Waals surface area contributed by atoms with Crippen molar-refractivity contribution in [2.45, 2.75) is 39.7 Å². The zero-order chi connectivity index (χ0) is 20.6. The monoisotopic (exact) mass is 398 g/mol. The first-order chi connectivity index (χ1) is 14.1. The van der Waals surface area contributed by atoms with Gasteiger partial charge in [0.15, 0.2) is 0 Å². The summed E-state index contributed by atoms with van der Waals surface area (Å²) in [4.78, 5) is 14.5. The molecule has 0 spiro atoms. The summed E-state index contributed by atoms with van der Waals surface area (Å²) in [6.45, 7) is 8.56. The molecule has 0 bridgehead atoms.